The predicted octanol–water partition coefficient (Wildman–Crippen LogP) is 2.12. The molecule has 1 aliphatic carbocycles. The minimum atomic E-state index is 0.897. The van der Waals surface area contributed by atoms with Gasteiger partial charge in [0.1, 0.15) is 0 Å². The Balaban J connectivity index is 2.19. The molecule has 1 rings (SSSR count). The van der Waals surface area contributed by atoms with E-state index >= 15 is 0 Å². The Kier molecular flexibility index (Phi) is 4.69. The highest BCUT2D eigenvalue weighted by Gasteiger charge is 1.99. The third-order valence-electron chi connectivity index (χ3n) is 2.01. The minimum Gasteiger partial charge on any atom is -0.312 e. The standard InChI is InChI=1S/C10H18N2/c1-2-11-8-9-12-10-6-4-3-5-7-10/h6,9,11H,2-5,7-8H2,1H3. The monoisotopic (exact) mass is 166 g/mol. The van der Waals surface area contributed by atoms with Crippen LogP contribution in [0.3, 0.4) is 0 Å². The topological polar surface area (TPSA) is 24.4 Å². The van der Waals surface area contributed by atoms with Crippen LogP contribution in [-0.2, 0) is 0 Å². The van der Waals surface area contributed by atoms with E-state index in [9.17, 15) is 0 Å². The van der Waals surface area contributed by atoms with E-state index in [1.165, 1.54) is 31.4 Å². The average Bonchev–Trinajstić information content (AvgIpc) is 2.14. The maximum Gasteiger partial charge on any atom is 0.0360 e. The molecule has 0 aromatic rings. The summed E-state index contributed by atoms with van der Waals surface area (Å²) in [5, 5.41) is 3.21. The zero-order valence-electron chi connectivity index (χ0n) is 7.84. The minimum absolute atomic E-state index is 0.897. The molecule has 1 aliphatic rings. The van der Waals surface area contributed by atoms with Gasteiger partial charge in [-0.3, -0.25) is 4.99 Å². The number of rotatable bonds is 4. The number of hydrogen-bond acceptors (Lipinski definition) is 2. The highest BCUT2D eigenvalue weighted by molar-refractivity contribution is 5.61. The molecule has 2 heteroatoms. The lowest BCUT2D eigenvalue weighted by Gasteiger charge is -2.07. The second kappa shape index (κ2) is 5.95. The highest BCUT2D eigenvalue weighted by Crippen LogP contribution is 2.17. The Hall–Kier alpha value is -0.630. The molecule has 0 bridgehead atoms. The van der Waals surface area contributed by atoms with Crippen molar-refractivity contribution in [3.8, 4) is 0 Å². The van der Waals surface area contributed by atoms with Crippen LogP contribution in [0.15, 0.2) is 16.8 Å². The number of nitrogens with zero attached hydrogens (tertiary/aromatic N) is 1. The Morgan fingerprint density at radius 3 is 3.17 bits per heavy atom. The van der Waals surface area contributed by atoms with Crippen molar-refractivity contribution in [1.29, 1.82) is 0 Å². The van der Waals surface area contributed by atoms with Gasteiger partial charge in [-0.05, 0) is 32.2 Å². The van der Waals surface area contributed by atoms with Crippen LogP contribution in [-0.4, -0.2) is 19.3 Å². The molecule has 68 valence electrons. The van der Waals surface area contributed by atoms with E-state index in [-0.39, 0.29) is 0 Å². The number of hydrogen-bond donors (Lipinski definition) is 1. The van der Waals surface area contributed by atoms with Gasteiger partial charge >= 0.3 is 0 Å². The molecule has 0 aliphatic heterocycles. The first-order valence-corrected chi connectivity index (χ1v) is 4.85. The van der Waals surface area contributed by atoms with Crippen molar-refractivity contribution in [2.75, 3.05) is 13.1 Å². The largest absolute Gasteiger partial charge is 0.312 e. The van der Waals surface area contributed by atoms with Gasteiger partial charge < -0.3 is 5.32 Å². The summed E-state index contributed by atoms with van der Waals surface area (Å²) < 4.78 is 0. The van der Waals surface area contributed by atoms with E-state index in [1.807, 2.05) is 6.21 Å². The smallest absolute Gasteiger partial charge is 0.0360 e. The molecule has 2 nitrogen and oxygen atoms in total. The maximum absolute atomic E-state index is 4.39. The molecular formula is C10H18N2. The van der Waals surface area contributed by atoms with Crippen LogP contribution >= 0.6 is 0 Å². The second-order valence-corrected chi connectivity index (χ2v) is 3.06. The van der Waals surface area contributed by atoms with Gasteiger partial charge in [-0.2, -0.15) is 0 Å². The first-order valence-electron chi connectivity index (χ1n) is 4.85. The predicted molar refractivity (Wildman–Crippen MR) is 53.6 cm³/mol. The van der Waals surface area contributed by atoms with Gasteiger partial charge in [0.2, 0.25) is 0 Å². The van der Waals surface area contributed by atoms with E-state index in [0.29, 0.717) is 0 Å². The van der Waals surface area contributed by atoms with E-state index < -0.39 is 0 Å². The van der Waals surface area contributed by atoms with Gasteiger partial charge in [-0.1, -0.05) is 13.0 Å². The summed E-state index contributed by atoms with van der Waals surface area (Å²) >= 11 is 0. The molecule has 0 aromatic heterocycles. The van der Waals surface area contributed by atoms with Gasteiger partial charge in [0.05, 0.1) is 0 Å². The Labute approximate surface area is 74.8 Å². The Bertz CT molecular complexity index is 171. The molecule has 0 spiro atoms. The van der Waals surface area contributed by atoms with E-state index in [2.05, 4.69) is 23.3 Å². The van der Waals surface area contributed by atoms with Crippen molar-refractivity contribution < 1.29 is 0 Å². The molecule has 0 atom stereocenters. The molecule has 0 heterocycles. The molecule has 12 heavy (non-hydrogen) atoms. The zero-order valence-corrected chi connectivity index (χ0v) is 7.84. The SMILES string of the molecule is CCNCC=NC1=CCCCC1. The van der Waals surface area contributed by atoms with Gasteiger partial charge in [0.15, 0.2) is 0 Å². The Morgan fingerprint density at radius 1 is 1.58 bits per heavy atom. The van der Waals surface area contributed by atoms with Crippen molar-refractivity contribution in [2.24, 2.45) is 4.99 Å². The van der Waals surface area contributed by atoms with Crippen LogP contribution in [0, 0.1) is 0 Å². The molecule has 0 aromatic carbocycles. The van der Waals surface area contributed by atoms with Crippen LogP contribution in [0.2, 0.25) is 0 Å². The zero-order chi connectivity index (χ0) is 8.65. The van der Waals surface area contributed by atoms with Gasteiger partial charge in [-0.15, -0.1) is 0 Å². The fourth-order valence-electron chi connectivity index (χ4n) is 1.31. The molecule has 0 unspecified atom stereocenters. The lowest BCUT2D eigenvalue weighted by atomic mass is 10.1. The first kappa shape index (κ1) is 9.46. The van der Waals surface area contributed by atoms with Crippen LogP contribution in [0.5, 0.6) is 0 Å². The average molecular weight is 166 g/mol. The third-order valence-corrected chi connectivity index (χ3v) is 2.01. The van der Waals surface area contributed by atoms with Gasteiger partial charge in [0, 0.05) is 18.5 Å². The Morgan fingerprint density at radius 2 is 2.50 bits per heavy atom. The summed E-state index contributed by atoms with van der Waals surface area (Å²) in [5.41, 5.74) is 1.28. The van der Waals surface area contributed by atoms with Crippen LogP contribution in [0.1, 0.15) is 32.6 Å². The number of nitrogens with one attached hydrogen (secondary N) is 1. The second-order valence-electron chi connectivity index (χ2n) is 3.06. The molecule has 0 radical (unpaired) electrons. The van der Waals surface area contributed by atoms with E-state index in [4.69, 9.17) is 0 Å². The van der Waals surface area contributed by atoms with Gasteiger partial charge in [0.25, 0.3) is 0 Å². The maximum atomic E-state index is 4.39. The van der Waals surface area contributed by atoms with Crippen molar-refractivity contribution in [2.45, 2.75) is 32.6 Å². The molecule has 0 saturated carbocycles. The van der Waals surface area contributed by atoms with Crippen molar-refractivity contribution in [3.63, 3.8) is 0 Å². The van der Waals surface area contributed by atoms with Gasteiger partial charge in [-0.25, -0.2) is 0 Å². The summed E-state index contributed by atoms with van der Waals surface area (Å²) in [5.74, 6) is 0. The third kappa shape index (κ3) is 3.67. The van der Waals surface area contributed by atoms with E-state index in [0.717, 1.165) is 13.1 Å². The molecule has 1 N–H and O–H groups in total. The first-order chi connectivity index (χ1) is 5.93. The summed E-state index contributed by atoms with van der Waals surface area (Å²) in [6.45, 7) is 4.02. The number of aliphatic imine (C=N–C) groups is 1. The normalized spacial score (nSPS) is 18.2. The summed E-state index contributed by atoms with van der Waals surface area (Å²) in [4.78, 5) is 4.39. The summed E-state index contributed by atoms with van der Waals surface area (Å²) in [6, 6.07) is 0. The lowest BCUT2D eigenvalue weighted by molar-refractivity contribution is 0.696. The van der Waals surface area contributed by atoms with E-state index in [1.54, 1.807) is 0 Å². The quantitative estimate of drug-likeness (QED) is 0.502. The van der Waals surface area contributed by atoms with Crippen molar-refractivity contribution in [1.82, 2.24) is 5.32 Å². The molecule has 0 amide bonds. The van der Waals surface area contributed by atoms with Crippen molar-refractivity contribution in [3.05, 3.63) is 11.8 Å². The summed E-state index contributed by atoms with van der Waals surface area (Å²) in [6.07, 6.45) is 9.26. The van der Waals surface area contributed by atoms with Crippen molar-refractivity contribution >= 4 is 6.21 Å². The number of allylic oxidation sites excluding steroid dienone is 2. The molecule has 0 saturated heterocycles. The highest BCUT2D eigenvalue weighted by atomic mass is 14.9. The fraction of sp³-hybridized carbons (Fsp3) is 0.700. The summed E-state index contributed by atoms with van der Waals surface area (Å²) in [7, 11) is 0. The molecular weight excluding hydrogens is 148 g/mol. The lowest BCUT2D eigenvalue weighted by Crippen LogP contribution is -2.14. The molecule has 0 fully saturated rings. The van der Waals surface area contributed by atoms with Crippen LogP contribution < -0.4 is 5.32 Å². The fourth-order valence-corrected chi connectivity index (χ4v) is 1.31. The van der Waals surface area contributed by atoms with Crippen LogP contribution in [0.4, 0.5) is 0 Å². The van der Waals surface area contributed by atoms with Crippen LogP contribution in [0.25, 0.3) is 0 Å².